The van der Waals surface area contributed by atoms with Gasteiger partial charge in [0.15, 0.2) is 23.0 Å². The maximum Gasteiger partial charge on any atom is 0.204 e. The zero-order valence-corrected chi connectivity index (χ0v) is 26.5. The monoisotopic (exact) mass is 608 g/mol. The highest BCUT2D eigenvalue weighted by Gasteiger charge is 2.34. The van der Waals surface area contributed by atoms with Crippen LogP contribution < -0.4 is 18.9 Å². The lowest BCUT2D eigenvalue weighted by Gasteiger charge is -2.37. The van der Waals surface area contributed by atoms with Crippen LogP contribution in [0.3, 0.4) is 0 Å². The van der Waals surface area contributed by atoms with E-state index in [1.165, 1.54) is 0 Å². The topological polar surface area (TPSA) is 83.9 Å². The van der Waals surface area contributed by atoms with E-state index in [2.05, 4.69) is 48.2 Å². The normalized spacial score (nSPS) is 19.3. The van der Waals surface area contributed by atoms with Gasteiger partial charge in [0.2, 0.25) is 5.75 Å². The van der Waals surface area contributed by atoms with Crippen molar-refractivity contribution in [3.63, 3.8) is 0 Å². The second-order valence-electron chi connectivity index (χ2n) is 12.4. The molecule has 6 bridgehead atoms. The first-order chi connectivity index (χ1) is 21.8. The molecule has 234 valence electrons. The molecule has 0 saturated carbocycles. The minimum Gasteiger partial charge on any atom is -0.507 e. The van der Waals surface area contributed by atoms with Crippen molar-refractivity contribution in [2.24, 2.45) is 0 Å². The molecule has 0 unspecified atom stereocenters. The summed E-state index contributed by atoms with van der Waals surface area (Å²) in [6, 6.07) is 17.9. The molecule has 0 saturated heterocycles. The zero-order valence-electron chi connectivity index (χ0n) is 26.5. The lowest BCUT2D eigenvalue weighted by atomic mass is 9.86. The van der Waals surface area contributed by atoms with Crippen molar-refractivity contribution in [1.29, 1.82) is 0 Å². The largest absolute Gasteiger partial charge is 0.507 e. The van der Waals surface area contributed by atoms with Crippen molar-refractivity contribution >= 4 is 0 Å². The minimum absolute atomic E-state index is 0.0373. The number of benzene rings is 4. The third-order valence-corrected chi connectivity index (χ3v) is 9.88. The summed E-state index contributed by atoms with van der Waals surface area (Å²) in [5.41, 5.74) is 8.15. The van der Waals surface area contributed by atoms with Gasteiger partial charge in [-0.25, -0.2) is 0 Å². The van der Waals surface area contributed by atoms with E-state index in [9.17, 15) is 10.2 Å². The Hall–Kier alpha value is -4.40. The van der Waals surface area contributed by atoms with E-state index in [1.807, 2.05) is 24.3 Å². The number of fused-ring (bicyclic) bond motifs is 6. The van der Waals surface area contributed by atoms with Crippen molar-refractivity contribution in [2.45, 2.75) is 37.8 Å². The molecule has 7 rings (SSSR count). The number of likely N-dealkylation sites (N-methyl/N-ethyl adjacent to an activating group) is 2. The molecule has 0 aliphatic carbocycles. The molecular weight excluding hydrogens is 568 g/mol. The molecule has 8 heteroatoms. The van der Waals surface area contributed by atoms with E-state index in [-0.39, 0.29) is 23.6 Å². The Labute approximate surface area is 264 Å². The quantitative estimate of drug-likeness (QED) is 0.275. The molecule has 4 aromatic rings. The van der Waals surface area contributed by atoms with E-state index >= 15 is 0 Å². The van der Waals surface area contributed by atoms with Crippen LogP contribution in [0.15, 0.2) is 54.6 Å². The van der Waals surface area contributed by atoms with Crippen LogP contribution >= 0.6 is 0 Å². The number of hydrogen-bond donors (Lipinski definition) is 2. The van der Waals surface area contributed by atoms with Crippen LogP contribution in [0.1, 0.15) is 45.5 Å². The Kier molecular flexibility index (Phi) is 7.50. The van der Waals surface area contributed by atoms with Gasteiger partial charge in [0, 0.05) is 41.9 Å². The second kappa shape index (κ2) is 11.5. The van der Waals surface area contributed by atoms with E-state index in [0.29, 0.717) is 41.6 Å². The standard InChI is InChI=1S/C37H40N2O6/c1-38-12-10-23-18-31(41)33-20-25(23)28(38)16-21-6-8-30(40)26(14-21)27-15-22(7-9-32(27)42-3)17-29-35-24(11-13-39(29)2)19-34(43-4)36(44-5)37(35)45-33/h6-9,14-15,18-20,28-29,40-41H,10-13,16-17H2,1-5H3/t28-,29+/m1/s1. The lowest BCUT2D eigenvalue weighted by Crippen LogP contribution is -2.34. The summed E-state index contributed by atoms with van der Waals surface area (Å²) in [6.07, 6.45) is 3.03. The number of methoxy groups -OCH3 is 3. The Bertz CT molecular complexity index is 1790. The summed E-state index contributed by atoms with van der Waals surface area (Å²) in [7, 11) is 9.19. The summed E-state index contributed by atoms with van der Waals surface area (Å²) in [4.78, 5) is 4.68. The number of rotatable bonds is 3. The highest BCUT2D eigenvalue weighted by Crippen LogP contribution is 2.52. The fraction of sp³-hybridized carbons (Fsp3) is 0.351. The van der Waals surface area contributed by atoms with Crippen LogP contribution in [0.5, 0.6) is 40.2 Å². The fourth-order valence-corrected chi connectivity index (χ4v) is 7.40. The third-order valence-electron chi connectivity index (χ3n) is 9.88. The van der Waals surface area contributed by atoms with Crippen LogP contribution in [0.4, 0.5) is 0 Å². The van der Waals surface area contributed by atoms with Gasteiger partial charge in [-0.05, 0) is 110 Å². The number of ether oxygens (including phenoxy) is 4. The number of hydrogen-bond acceptors (Lipinski definition) is 8. The number of phenols is 2. The Morgan fingerprint density at radius 3 is 2.09 bits per heavy atom. The third kappa shape index (κ3) is 5.02. The van der Waals surface area contributed by atoms with Gasteiger partial charge in [-0.2, -0.15) is 0 Å². The minimum atomic E-state index is -0.0590. The van der Waals surface area contributed by atoms with Gasteiger partial charge in [-0.1, -0.05) is 12.1 Å². The van der Waals surface area contributed by atoms with Gasteiger partial charge >= 0.3 is 0 Å². The molecule has 4 aromatic carbocycles. The van der Waals surface area contributed by atoms with Crippen molar-refractivity contribution in [3.05, 3.63) is 88.0 Å². The van der Waals surface area contributed by atoms with Crippen molar-refractivity contribution < 1.29 is 29.2 Å². The summed E-state index contributed by atoms with van der Waals surface area (Å²) in [6.45, 7) is 1.72. The predicted molar refractivity (Wildman–Crippen MR) is 173 cm³/mol. The Morgan fingerprint density at radius 1 is 0.689 bits per heavy atom. The summed E-state index contributed by atoms with van der Waals surface area (Å²) >= 11 is 0. The highest BCUT2D eigenvalue weighted by atomic mass is 16.5. The first kappa shape index (κ1) is 29.3. The zero-order chi connectivity index (χ0) is 31.4. The van der Waals surface area contributed by atoms with Crippen LogP contribution in [-0.2, 0) is 25.7 Å². The molecule has 3 aliphatic heterocycles. The first-order valence-corrected chi connectivity index (χ1v) is 15.5. The molecule has 3 heterocycles. The van der Waals surface area contributed by atoms with Gasteiger partial charge in [-0.15, -0.1) is 0 Å². The maximum atomic E-state index is 11.3. The van der Waals surface area contributed by atoms with Crippen molar-refractivity contribution in [2.75, 3.05) is 48.5 Å². The number of phenolic OH excluding ortho intramolecular Hbond substituents is 2. The summed E-state index contributed by atoms with van der Waals surface area (Å²) < 4.78 is 24.4. The molecule has 0 spiro atoms. The van der Waals surface area contributed by atoms with Crippen molar-refractivity contribution in [3.8, 4) is 51.4 Å². The van der Waals surface area contributed by atoms with Gasteiger partial charge in [0.1, 0.15) is 11.5 Å². The van der Waals surface area contributed by atoms with Gasteiger partial charge < -0.3 is 29.2 Å². The van der Waals surface area contributed by atoms with Crippen LogP contribution in [0.2, 0.25) is 0 Å². The smallest absolute Gasteiger partial charge is 0.204 e. The molecule has 2 atom stereocenters. The van der Waals surface area contributed by atoms with E-state index < -0.39 is 0 Å². The molecule has 45 heavy (non-hydrogen) atoms. The second-order valence-corrected chi connectivity index (χ2v) is 12.4. The molecule has 2 N–H and O–H groups in total. The molecule has 8 nitrogen and oxygen atoms in total. The molecule has 3 aliphatic rings. The summed E-state index contributed by atoms with van der Waals surface area (Å²) in [5.74, 6) is 3.07. The first-order valence-electron chi connectivity index (χ1n) is 15.5. The molecule has 0 aromatic heterocycles. The Balaban J connectivity index is 1.52. The molecule has 0 amide bonds. The predicted octanol–water partition coefficient (Wildman–Crippen LogP) is 6.44. The summed E-state index contributed by atoms with van der Waals surface area (Å²) in [5, 5.41) is 22.5. The molecule has 0 fully saturated rings. The molecule has 0 radical (unpaired) electrons. The van der Waals surface area contributed by atoms with Crippen LogP contribution in [-0.4, -0.2) is 68.5 Å². The van der Waals surface area contributed by atoms with E-state index in [1.54, 1.807) is 27.4 Å². The maximum absolute atomic E-state index is 11.3. The highest BCUT2D eigenvalue weighted by molar-refractivity contribution is 5.77. The van der Waals surface area contributed by atoms with Gasteiger partial charge in [-0.3, -0.25) is 9.80 Å². The lowest BCUT2D eigenvalue weighted by molar-refractivity contribution is 0.220. The number of nitrogens with zero attached hydrogens (tertiary/aromatic N) is 2. The average Bonchev–Trinajstić information content (AvgIpc) is 3.04. The van der Waals surface area contributed by atoms with Crippen LogP contribution in [0, 0.1) is 0 Å². The SMILES string of the molecule is COc1ccc2cc1-c1cc(ccc1O)C[C@@H]1c3cc(c(O)cc3CCN1C)Oc1c(OC)c(OC)cc3c1[C@H](C2)N(C)CC3. The molecular formula is C37H40N2O6. The fourth-order valence-electron chi connectivity index (χ4n) is 7.40. The van der Waals surface area contributed by atoms with Gasteiger partial charge in [0.05, 0.1) is 21.3 Å². The van der Waals surface area contributed by atoms with E-state index in [4.69, 9.17) is 18.9 Å². The van der Waals surface area contributed by atoms with E-state index in [0.717, 1.165) is 70.4 Å². The number of aromatic hydroxyl groups is 2. The van der Waals surface area contributed by atoms with Gasteiger partial charge in [0.25, 0.3) is 0 Å². The van der Waals surface area contributed by atoms with Crippen LogP contribution in [0.25, 0.3) is 11.1 Å². The average molecular weight is 609 g/mol. The van der Waals surface area contributed by atoms with Crippen molar-refractivity contribution in [1.82, 2.24) is 9.80 Å². The Morgan fingerprint density at radius 2 is 1.36 bits per heavy atom.